The van der Waals surface area contributed by atoms with Crippen LogP contribution in [0.15, 0.2) is 65.7 Å². The van der Waals surface area contributed by atoms with Gasteiger partial charge in [-0.2, -0.15) is 0 Å². The Balaban J connectivity index is 1.49. The molecule has 6 nitrogen and oxygen atoms in total. The number of hydrogen-bond donors (Lipinski definition) is 2. The Bertz CT molecular complexity index is 1240. The molecule has 0 saturated heterocycles. The summed E-state index contributed by atoms with van der Waals surface area (Å²) < 4.78 is 42.0. The van der Waals surface area contributed by atoms with Crippen LogP contribution < -0.4 is 10.5 Å². The van der Waals surface area contributed by atoms with Gasteiger partial charge in [-0.15, -0.1) is 0 Å². The number of amides is 1. The zero-order chi connectivity index (χ0) is 22.9. The largest absolute Gasteiger partial charge is 0.369 e. The molecule has 1 heterocycles. The molecule has 1 atom stereocenters. The number of halogens is 1. The van der Waals surface area contributed by atoms with Gasteiger partial charge in [-0.1, -0.05) is 37.3 Å². The van der Waals surface area contributed by atoms with Crippen LogP contribution in [-0.2, 0) is 14.8 Å². The second-order valence-corrected chi connectivity index (χ2v) is 10.3. The molecule has 1 amide bonds. The van der Waals surface area contributed by atoms with Gasteiger partial charge < -0.3 is 5.73 Å². The number of fused-ring (bicyclic) bond motifs is 1. The number of nitrogens with one attached hydrogen (secondary N) is 1. The van der Waals surface area contributed by atoms with Crippen molar-refractivity contribution in [2.24, 2.45) is 11.1 Å². The molecule has 2 aromatic carbocycles. The van der Waals surface area contributed by atoms with Crippen LogP contribution >= 0.6 is 0 Å². The Morgan fingerprint density at radius 2 is 1.81 bits per heavy atom. The third-order valence-corrected chi connectivity index (χ3v) is 8.25. The van der Waals surface area contributed by atoms with Crippen molar-refractivity contribution in [3.05, 3.63) is 72.2 Å². The van der Waals surface area contributed by atoms with Crippen LogP contribution in [0, 0.1) is 11.2 Å². The first-order chi connectivity index (χ1) is 15.2. The quantitative estimate of drug-likeness (QED) is 0.589. The highest BCUT2D eigenvalue weighted by atomic mass is 32.2. The molecule has 0 bridgehead atoms. The third-order valence-electron chi connectivity index (χ3n) is 6.76. The highest BCUT2D eigenvalue weighted by molar-refractivity contribution is 7.89. The number of nitrogens with zero attached hydrogens (tertiary/aromatic N) is 1. The summed E-state index contributed by atoms with van der Waals surface area (Å²) in [6.07, 6.45) is 3.22. The number of primary amides is 1. The summed E-state index contributed by atoms with van der Waals surface area (Å²) in [6.45, 7) is 1.92. The first kappa shape index (κ1) is 22.4. The maximum atomic E-state index is 13.3. The van der Waals surface area contributed by atoms with E-state index in [1.807, 2.05) is 31.2 Å². The lowest BCUT2D eigenvalue weighted by Gasteiger charge is -2.42. The summed E-state index contributed by atoms with van der Waals surface area (Å²) in [5.41, 5.74) is 6.59. The molecule has 4 rings (SSSR count). The number of sulfonamides is 1. The van der Waals surface area contributed by atoms with Crippen LogP contribution in [0.25, 0.3) is 10.9 Å². The van der Waals surface area contributed by atoms with Gasteiger partial charge in [0.15, 0.2) is 0 Å². The number of pyridine rings is 1. The molecule has 8 heteroatoms. The SMILES string of the molecule is C[C@H](c1ccc(F)cc1)C1(C(N)=O)CCC(NS(=O)(=O)c2cnc3ccccc3c2)CC1. The molecular weight excluding hydrogens is 429 g/mol. The Kier molecular flexibility index (Phi) is 6.01. The number of para-hydroxylation sites is 1. The molecule has 1 saturated carbocycles. The van der Waals surface area contributed by atoms with Crippen LogP contribution in [0.4, 0.5) is 4.39 Å². The summed E-state index contributed by atoms with van der Waals surface area (Å²) in [5, 5.41) is 0.750. The van der Waals surface area contributed by atoms with Gasteiger partial charge in [0.1, 0.15) is 10.7 Å². The molecule has 1 aliphatic rings. The fourth-order valence-corrected chi connectivity index (χ4v) is 5.98. The van der Waals surface area contributed by atoms with E-state index in [1.54, 1.807) is 18.2 Å². The number of aromatic nitrogens is 1. The van der Waals surface area contributed by atoms with Crippen molar-refractivity contribution in [2.75, 3.05) is 0 Å². The fourth-order valence-electron chi connectivity index (χ4n) is 4.70. The van der Waals surface area contributed by atoms with Crippen molar-refractivity contribution in [2.45, 2.75) is 49.5 Å². The molecule has 32 heavy (non-hydrogen) atoms. The predicted octanol–water partition coefficient (Wildman–Crippen LogP) is 3.87. The molecule has 1 aromatic heterocycles. The van der Waals surface area contributed by atoms with Gasteiger partial charge in [0, 0.05) is 17.6 Å². The summed E-state index contributed by atoms with van der Waals surface area (Å²) in [6, 6.07) is 14.7. The Hall–Kier alpha value is -2.84. The van der Waals surface area contributed by atoms with Crippen LogP contribution in [0.2, 0.25) is 0 Å². The second-order valence-electron chi connectivity index (χ2n) is 8.55. The zero-order valence-corrected chi connectivity index (χ0v) is 18.6. The monoisotopic (exact) mass is 455 g/mol. The van der Waals surface area contributed by atoms with Gasteiger partial charge in [0.05, 0.1) is 10.9 Å². The molecule has 0 unspecified atom stereocenters. The van der Waals surface area contributed by atoms with Crippen LogP contribution in [0.1, 0.15) is 44.1 Å². The second kappa shape index (κ2) is 8.60. The Morgan fingerprint density at radius 1 is 1.16 bits per heavy atom. The van der Waals surface area contributed by atoms with E-state index < -0.39 is 21.3 Å². The molecule has 3 N–H and O–H groups in total. The van der Waals surface area contributed by atoms with E-state index in [0.717, 1.165) is 16.5 Å². The van der Waals surface area contributed by atoms with Crippen molar-refractivity contribution < 1.29 is 17.6 Å². The average Bonchev–Trinajstić information content (AvgIpc) is 2.79. The Morgan fingerprint density at radius 3 is 2.47 bits per heavy atom. The van der Waals surface area contributed by atoms with E-state index in [0.29, 0.717) is 25.7 Å². The number of carbonyl (C=O) groups excluding carboxylic acids is 1. The number of hydrogen-bond acceptors (Lipinski definition) is 4. The lowest BCUT2D eigenvalue weighted by atomic mass is 9.63. The van der Waals surface area contributed by atoms with Gasteiger partial charge in [-0.05, 0) is 61.4 Å². The number of carbonyl (C=O) groups is 1. The van der Waals surface area contributed by atoms with Crippen LogP contribution in [0.3, 0.4) is 0 Å². The summed E-state index contributed by atoms with van der Waals surface area (Å²) in [4.78, 5) is 16.9. The topological polar surface area (TPSA) is 102 Å². The molecule has 3 aromatic rings. The van der Waals surface area contributed by atoms with E-state index in [1.165, 1.54) is 18.3 Å². The maximum Gasteiger partial charge on any atom is 0.242 e. The van der Waals surface area contributed by atoms with E-state index in [4.69, 9.17) is 5.73 Å². The van der Waals surface area contributed by atoms with Crippen molar-refractivity contribution >= 4 is 26.8 Å². The number of nitrogens with two attached hydrogens (primary N) is 1. The zero-order valence-electron chi connectivity index (χ0n) is 17.8. The third kappa shape index (κ3) is 4.25. The lowest BCUT2D eigenvalue weighted by molar-refractivity contribution is -0.131. The van der Waals surface area contributed by atoms with Gasteiger partial charge in [-0.25, -0.2) is 17.5 Å². The first-order valence-electron chi connectivity index (χ1n) is 10.6. The predicted molar refractivity (Wildman–Crippen MR) is 121 cm³/mol. The van der Waals surface area contributed by atoms with Gasteiger partial charge in [-0.3, -0.25) is 9.78 Å². The van der Waals surface area contributed by atoms with E-state index in [2.05, 4.69) is 9.71 Å². The highest BCUT2D eigenvalue weighted by Gasteiger charge is 2.45. The Labute approximate surface area is 187 Å². The number of rotatable bonds is 6. The minimum absolute atomic E-state index is 0.114. The van der Waals surface area contributed by atoms with Crippen molar-refractivity contribution in [3.63, 3.8) is 0 Å². The summed E-state index contributed by atoms with van der Waals surface area (Å²) in [7, 11) is -3.76. The molecule has 0 spiro atoms. The van der Waals surface area contributed by atoms with Gasteiger partial charge in [0.25, 0.3) is 0 Å². The number of benzene rings is 2. The molecule has 1 aliphatic carbocycles. The molecular formula is C24H26FN3O3S. The smallest absolute Gasteiger partial charge is 0.242 e. The lowest BCUT2D eigenvalue weighted by Crippen LogP contribution is -2.48. The first-order valence-corrected chi connectivity index (χ1v) is 12.1. The van der Waals surface area contributed by atoms with Gasteiger partial charge in [0.2, 0.25) is 15.9 Å². The molecule has 1 fully saturated rings. The minimum Gasteiger partial charge on any atom is -0.369 e. The molecule has 168 valence electrons. The molecule has 0 radical (unpaired) electrons. The normalized spacial score (nSPS) is 22.5. The highest BCUT2D eigenvalue weighted by Crippen LogP contribution is 2.47. The van der Waals surface area contributed by atoms with Crippen LogP contribution in [0.5, 0.6) is 0 Å². The summed E-state index contributed by atoms with van der Waals surface area (Å²) in [5.74, 6) is -0.951. The maximum absolute atomic E-state index is 13.3. The summed E-state index contributed by atoms with van der Waals surface area (Å²) >= 11 is 0. The van der Waals surface area contributed by atoms with E-state index in [-0.39, 0.29) is 22.7 Å². The fraction of sp³-hybridized carbons (Fsp3) is 0.333. The average molecular weight is 456 g/mol. The van der Waals surface area contributed by atoms with E-state index in [9.17, 15) is 17.6 Å². The minimum atomic E-state index is -3.76. The van der Waals surface area contributed by atoms with Crippen LogP contribution in [-0.4, -0.2) is 25.4 Å². The van der Waals surface area contributed by atoms with Crippen molar-refractivity contribution in [1.82, 2.24) is 9.71 Å². The van der Waals surface area contributed by atoms with Gasteiger partial charge >= 0.3 is 0 Å². The van der Waals surface area contributed by atoms with Crippen molar-refractivity contribution in [3.8, 4) is 0 Å². The molecule has 0 aliphatic heterocycles. The standard InChI is InChI=1S/C24H26FN3O3S/c1-16(17-6-8-19(25)9-7-17)24(23(26)29)12-10-20(11-13-24)28-32(30,31)21-14-18-4-2-3-5-22(18)27-15-21/h2-9,14-16,20,28H,10-13H2,1H3,(H2,26,29)/t16-,20?,24?/m1/s1. The van der Waals surface area contributed by atoms with Crippen molar-refractivity contribution in [1.29, 1.82) is 0 Å². The van der Waals surface area contributed by atoms with E-state index >= 15 is 0 Å².